The van der Waals surface area contributed by atoms with Gasteiger partial charge in [-0.05, 0) is 25.7 Å². The summed E-state index contributed by atoms with van der Waals surface area (Å²) in [6.07, 6.45) is 11.5. The normalized spacial score (nSPS) is 15.9. The molecule has 1 rings (SSSR count). The summed E-state index contributed by atoms with van der Waals surface area (Å²) in [6.45, 7) is 14.2. The zero-order chi connectivity index (χ0) is 10.4. The summed E-state index contributed by atoms with van der Waals surface area (Å²) in [7, 11) is 0. The Kier molecular flexibility index (Phi) is 3.33. The van der Waals surface area contributed by atoms with Gasteiger partial charge in [-0.25, -0.2) is 22.8 Å². The molecule has 0 aromatic carbocycles. The lowest BCUT2D eigenvalue weighted by Crippen LogP contribution is -2.23. The zero-order valence-corrected chi connectivity index (χ0v) is 8.08. The fraction of sp³-hybridized carbons (Fsp3) is 0.500. The summed E-state index contributed by atoms with van der Waals surface area (Å²) in [5.74, 6) is 2.44. The van der Waals surface area contributed by atoms with Gasteiger partial charge in [-0.3, -0.25) is 0 Å². The van der Waals surface area contributed by atoms with E-state index in [2.05, 4.69) is 15.6 Å². The molecule has 0 unspecified atom stereocenters. The second kappa shape index (κ2) is 4.50. The summed E-state index contributed by atoms with van der Waals surface area (Å²) >= 11 is 0. The van der Waals surface area contributed by atoms with Crippen LogP contribution in [0.1, 0.15) is 32.1 Å². The van der Waals surface area contributed by atoms with Crippen molar-refractivity contribution in [3.8, 4) is 12.3 Å². The van der Waals surface area contributed by atoms with Crippen LogP contribution in [-0.2, 0) is 0 Å². The van der Waals surface area contributed by atoms with E-state index < -0.39 is 5.66 Å². The van der Waals surface area contributed by atoms with Crippen molar-refractivity contribution in [1.82, 2.24) is 0 Å². The van der Waals surface area contributed by atoms with Gasteiger partial charge in [0.15, 0.2) is 6.42 Å². The molecule has 0 fully saturated rings. The predicted molar refractivity (Wildman–Crippen MR) is 55.9 cm³/mol. The van der Waals surface area contributed by atoms with Gasteiger partial charge in [-0.2, -0.15) is 0 Å². The molecule has 2 nitrogen and oxygen atoms in total. The fourth-order valence-corrected chi connectivity index (χ4v) is 1.71. The molecule has 0 radical (unpaired) electrons. The molecule has 0 aromatic heterocycles. The van der Waals surface area contributed by atoms with Crippen molar-refractivity contribution in [3.05, 3.63) is 34.5 Å². The van der Waals surface area contributed by atoms with Crippen LogP contribution in [0.15, 0.2) is 11.6 Å². The molecule has 0 heterocycles. The topological polar surface area (TPSA) is 8.72 Å². The van der Waals surface area contributed by atoms with Crippen LogP contribution in [0.2, 0.25) is 0 Å². The molecular weight excluding hydrogens is 172 g/mol. The Morgan fingerprint density at radius 3 is 2.57 bits per heavy atom. The number of allylic oxidation sites excluding steroid dienone is 1. The Morgan fingerprint density at radius 1 is 1.43 bits per heavy atom. The highest BCUT2D eigenvalue weighted by Gasteiger charge is 2.47. The summed E-state index contributed by atoms with van der Waals surface area (Å²) in [5, 5.41) is 0. The molecule has 1 aliphatic rings. The second-order valence-corrected chi connectivity index (χ2v) is 3.40. The molecule has 0 aromatic rings. The third-order valence-electron chi connectivity index (χ3n) is 2.52. The lowest BCUT2D eigenvalue weighted by molar-refractivity contribution is 0.612. The van der Waals surface area contributed by atoms with Gasteiger partial charge in [-0.15, -0.1) is 6.42 Å². The molecule has 0 N–H and O–H groups in total. The summed E-state index contributed by atoms with van der Waals surface area (Å²) in [5.41, 5.74) is -0.151. The number of hydrogen-bond acceptors (Lipinski definition) is 0. The first kappa shape index (κ1) is 10.4. The van der Waals surface area contributed by atoms with E-state index in [9.17, 15) is 0 Å². The van der Waals surface area contributed by atoms with Crippen LogP contribution < -0.4 is 0 Å². The lowest BCUT2D eigenvalue weighted by Gasteiger charge is -2.14. The van der Waals surface area contributed by atoms with Gasteiger partial charge in [0.25, 0.3) is 0 Å². The highest BCUT2D eigenvalue weighted by Crippen LogP contribution is 2.34. The maximum absolute atomic E-state index is 7.12. The monoisotopic (exact) mass is 184 g/mol. The van der Waals surface area contributed by atoms with Crippen LogP contribution in [0, 0.1) is 25.5 Å². The van der Waals surface area contributed by atoms with E-state index in [4.69, 9.17) is 19.6 Å². The molecule has 0 amide bonds. The summed E-state index contributed by atoms with van der Waals surface area (Å²) < 4.78 is 0. The molecule has 0 aliphatic heterocycles. The fourth-order valence-electron chi connectivity index (χ4n) is 1.71. The number of rotatable bonds is 2. The maximum atomic E-state index is 7.12. The van der Waals surface area contributed by atoms with Gasteiger partial charge in [0, 0.05) is 0 Å². The maximum Gasteiger partial charge on any atom is 0.516 e. The van der Waals surface area contributed by atoms with E-state index in [1.54, 1.807) is 0 Å². The molecule has 0 saturated heterocycles. The van der Waals surface area contributed by atoms with Crippen LogP contribution >= 0.6 is 0 Å². The minimum Gasteiger partial charge on any atom is -0.225 e. The highest BCUT2D eigenvalue weighted by atomic mass is 15.0. The van der Waals surface area contributed by atoms with E-state index in [0.29, 0.717) is 0 Å². The quantitative estimate of drug-likeness (QED) is 0.354. The van der Waals surface area contributed by atoms with E-state index in [0.717, 1.165) is 31.3 Å². The lowest BCUT2D eigenvalue weighted by atomic mass is 9.88. The molecule has 2 heteroatoms. The van der Waals surface area contributed by atoms with E-state index in [-0.39, 0.29) is 6.42 Å². The van der Waals surface area contributed by atoms with Gasteiger partial charge >= 0.3 is 5.66 Å². The molecule has 14 heavy (non-hydrogen) atoms. The van der Waals surface area contributed by atoms with Crippen LogP contribution in [0.25, 0.3) is 9.69 Å². The number of nitrogens with zero attached hydrogens (tertiary/aromatic N) is 2. The summed E-state index contributed by atoms with van der Waals surface area (Å²) in [4.78, 5) is 6.87. The average molecular weight is 184 g/mol. The van der Waals surface area contributed by atoms with Crippen LogP contribution in [-0.4, -0.2) is 5.66 Å². The second-order valence-electron chi connectivity index (χ2n) is 3.40. The first-order valence-corrected chi connectivity index (χ1v) is 4.69. The van der Waals surface area contributed by atoms with Crippen molar-refractivity contribution in [1.29, 1.82) is 0 Å². The Bertz CT molecular complexity index is 343. The predicted octanol–water partition coefficient (Wildman–Crippen LogP) is 3.04. The third kappa shape index (κ3) is 1.78. The molecule has 0 spiro atoms. The van der Waals surface area contributed by atoms with Gasteiger partial charge < -0.3 is 0 Å². The standard InChI is InChI=1S/C12H12N2/c1-4-10-12(13-2,14-3)11-8-6-5-7-9-11/h1,8H,5-7,9-10H2. The molecule has 1 aliphatic carbocycles. The van der Waals surface area contributed by atoms with Crippen molar-refractivity contribution in [2.75, 3.05) is 0 Å². The Hall–Kier alpha value is -1.72. The van der Waals surface area contributed by atoms with Crippen molar-refractivity contribution < 1.29 is 0 Å². The SMILES string of the molecule is [C-]#[N+]C(CC#C)([N+]#[C-])C1=CCCCC1. The number of terminal acetylenes is 1. The first-order valence-electron chi connectivity index (χ1n) is 4.69. The Balaban J connectivity index is 3.00. The van der Waals surface area contributed by atoms with E-state index >= 15 is 0 Å². The van der Waals surface area contributed by atoms with Crippen molar-refractivity contribution in [3.63, 3.8) is 0 Å². The Morgan fingerprint density at radius 2 is 2.14 bits per heavy atom. The minimum absolute atomic E-state index is 0.214. The molecule has 0 saturated carbocycles. The Labute approximate surface area is 85.3 Å². The van der Waals surface area contributed by atoms with E-state index in [1.807, 2.05) is 6.08 Å². The third-order valence-corrected chi connectivity index (χ3v) is 2.52. The average Bonchev–Trinajstić information content (AvgIpc) is 2.27. The van der Waals surface area contributed by atoms with Crippen LogP contribution in [0.3, 0.4) is 0 Å². The van der Waals surface area contributed by atoms with Crippen LogP contribution in [0.5, 0.6) is 0 Å². The molecular formula is C12H12N2. The van der Waals surface area contributed by atoms with Gasteiger partial charge in [0.2, 0.25) is 0 Å². The van der Waals surface area contributed by atoms with Gasteiger partial charge in [0.05, 0.1) is 5.57 Å². The molecule has 0 bridgehead atoms. The van der Waals surface area contributed by atoms with Crippen molar-refractivity contribution in [2.24, 2.45) is 0 Å². The van der Waals surface area contributed by atoms with Gasteiger partial charge in [0.1, 0.15) is 0 Å². The first-order chi connectivity index (χ1) is 6.79. The minimum atomic E-state index is -1.09. The number of hydrogen-bond donors (Lipinski definition) is 0. The summed E-state index contributed by atoms with van der Waals surface area (Å²) in [6, 6.07) is 0. The smallest absolute Gasteiger partial charge is 0.225 e. The van der Waals surface area contributed by atoms with Crippen molar-refractivity contribution in [2.45, 2.75) is 37.8 Å². The molecule has 70 valence electrons. The molecule has 0 atom stereocenters. The van der Waals surface area contributed by atoms with Gasteiger partial charge in [-0.1, -0.05) is 12.0 Å². The van der Waals surface area contributed by atoms with E-state index in [1.165, 1.54) is 0 Å². The largest absolute Gasteiger partial charge is 0.516 e. The van der Waals surface area contributed by atoms with Crippen LogP contribution in [0.4, 0.5) is 0 Å². The zero-order valence-electron chi connectivity index (χ0n) is 8.08. The highest BCUT2D eigenvalue weighted by molar-refractivity contribution is 5.33. The van der Waals surface area contributed by atoms with Crippen molar-refractivity contribution >= 4 is 0 Å².